The lowest BCUT2D eigenvalue weighted by atomic mass is 10.1. The van der Waals surface area contributed by atoms with Crippen LogP contribution in [0.5, 0.6) is 0 Å². The highest BCUT2D eigenvalue weighted by Crippen LogP contribution is 2.29. The Hall–Kier alpha value is -1.14. The van der Waals surface area contributed by atoms with Crippen molar-refractivity contribution in [3.63, 3.8) is 0 Å². The summed E-state index contributed by atoms with van der Waals surface area (Å²) in [5, 5.41) is 18.8. The molecular weight excluding hydrogens is 313 g/mol. The van der Waals surface area contributed by atoms with Crippen LogP contribution in [0.25, 0.3) is 11.5 Å². The number of hydrogen-bond acceptors (Lipinski definition) is 5. The predicted molar refractivity (Wildman–Crippen MR) is 80.3 cm³/mol. The molecule has 21 heavy (non-hydrogen) atoms. The zero-order chi connectivity index (χ0) is 14.8. The van der Waals surface area contributed by atoms with E-state index < -0.39 is 0 Å². The molecule has 5 nitrogen and oxygen atoms in total. The minimum Gasteiger partial charge on any atom is -0.419 e. The number of nitrogens with zero attached hydrogens (tertiary/aromatic N) is 3. The molecule has 3 rings (SSSR count). The van der Waals surface area contributed by atoms with Crippen molar-refractivity contribution in [3.8, 4) is 11.5 Å². The van der Waals surface area contributed by atoms with Crippen LogP contribution in [-0.4, -0.2) is 39.4 Å². The van der Waals surface area contributed by atoms with E-state index in [2.05, 4.69) is 15.1 Å². The summed E-state index contributed by atoms with van der Waals surface area (Å²) in [4.78, 5) is 2.11. The van der Waals surface area contributed by atoms with Crippen LogP contribution >= 0.6 is 23.2 Å². The summed E-state index contributed by atoms with van der Waals surface area (Å²) >= 11 is 12.0. The Morgan fingerprint density at radius 3 is 2.95 bits per heavy atom. The van der Waals surface area contributed by atoms with Crippen LogP contribution in [0.1, 0.15) is 18.7 Å². The Morgan fingerprint density at radius 1 is 1.33 bits per heavy atom. The van der Waals surface area contributed by atoms with Gasteiger partial charge in [0, 0.05) is 11.6 Å². The van der Waals surface area contributed by atoms with E-state index in [4.69, 9.17) is 27.6 Å². The van der Waals surface area contributed by atoms with E-state index >= 15 is 0 Å². The van der Waals surface area contributed by atoms with Gasteiger partial charge in [-0.2, -0.15) is 0 Å². The van der Waals surface area contributed by atoms with Gasteiger partial charge in [0.05, 0.1) is 23.2 Å². The third-order valence-electron chi connectivity index (χ3n) is 3.47. The van der Waals surface area contributed by atoms with Crippen molar-refractivity contribution in [1.82, 2.24) is 15.1 Å². The number of β-amino-alcohol motifs (C(OH)–C–C–N with tert-alkyl or cyclic N) is 1. The molecule has 1 atom stereocenters. The number of rotatable bonds is 3. The van der Waals surface area contributed by atoms with Gasteiger partial charge in [0.15, 0.2) is 0 Å². The summed E-state index contributed by atoms with van der Waals surface area (Å²) in [6.07, 6.45) is 1.56. The molecule has 1 N–H and O–H groups in total. The van der Waals surface area contributed by atoms with Crippen LogP contribution in [0.3, 0.4) is 0 Å². The van der Waals surface area contributed by atoms with Gasteiger partial charge in [-0.1, -0.05) is 23.2 Å². The number of piperidine rings is 1. The standard InChI is InChI=1S/C14H15Cl2N3O2/c15-9-3-4-11(12(16)6-9)14-18-17-13(21-14)8-19-5-1-2-10(20)7-19/h3-4,6,10,20H,1-2,5,7-8H2. The minimum atomic E-state index is -0.271. The summed E-state index contributed by atoms with van der Waals surface area (Å²) < 4.78 is 5.66. The van der Waals surface area contributed by atoms with E-state index in [0.29, 0.717) is 40.5 Å². The molecule has 1 aromatic carbocycles. The first-order valence-electron chi connectivity index (χ1n) is 6.80. The molecule has 0 bridgehead atoms. The third-order valence-corrected chi connectivity index (χ3v) is 4.02. The van der Waals surface area contributed by atoms with Crippen molar-refractivity contribution in [2.45, 2.75) is 25.5 Å². The van der Waals surface area contributed by atoms with E-state index in [-0.39, 0.29) is 6.10 Å². The van der Waals surface area contributed by atoms with Crippen molar-refractivity contribution >= 4 is 23.2 Å². The van der Waals surface area contributed by atoms with Gasteiger partial charge in [0.25, 0.3) is 0 Å². The third kappa shape index (κ3) is 3.55. The fourth-order valence-electron chi connectivity index (χ4n) is 2.46. The molecule has 112 valence electrons. The first kappa shape index (κ1) is 14.8. The zero-order valence-electron chi connectivity index (χ0n) is 11.3. The number of aliphatic hydroxyl groups is 1. The Kier molecular flexibility index (Phi) is 4.45. The maximum atomic E-state index is 9.66. The van der Waals surface area contributed by atoms with Gasteiger partial charge in [-0.3, -0.25) is 4.90 Å². The Morgan fingerprint density at radius 2 is 2.19 bits per heavy atom. The topological polar surface area (TPSA) is 62.4 Å². The van der Waals surface area contributed by atoms with E-state index in [1.165, 1.54) is 0 Å². The first-order valence-corrected chi connectivity index (χ1v) is 7.55. The summed E-state index contributed by atoms with van der Waals surface area (Å²) in [6, 6.07) is 5.13. The molecule has 0 spiro atoms. The van der Waals surface area contributed by atoms with Gasteiger partial charge < -0.3 is 9.52 Å². The molecule has 1 aromatic heterocycles. The smallest absolute Gasteiger partial charge is 0.249 e. The number of hydrogen-bond donors (Lipinski definition) is 1. The van der Waals surface area contributed by atoms with Crippen LogP contribution < -0.4 is 0 Å². The molecular formula is C14H15Cl2N3O2. The molecule has 1 unspecified atom stereocenters. The highest BCUT2D eigenvalue weighted by molar-refractivity contribution is 6.36. The Labute approximate surface area is 132 Å². The largest absolute Gasteiger partial charge is 0.419 e. The Balaban J connectivity index is 1.74. The molecule has 1 aliphatic rings. The number of likely N-dealkylation sites (tertiary alicyclic amines) is 1. The molecule has 1 aliphatic heterocycles. The zero-order valence-corrected chi connectivity index (χ0v) is 12.8. The van der Waals surface area contributed by atoms with Gasteiger partial charge in [-0.15, -0.1) is 10.2 Å². The molecule has 0 amide bonds. The quantitative estimate of drug-likeness (QED) is 0.938. The molecule has 0 aliphatic carbocycles. The van der Waals surface area contributed by atoms with Crippen LogP contribution in [0.4, 0.5) is 0 Å². The molecule has 0 radical (unpaired) electrons. The molecule has 7 heteroatoms. The molecule has 0 saturated carbocycles. The minimum absolute atomic E-state index is 0.271. The second kappa shape index (κ2) is 6.32. The van der Waals surface area contributed by atoms with Gasteiger partial charge in [-0.25, -0.2) is 0 Å². The number of aliphatic hydroxyl groups excluding tert-OH is 1. The van der Waals surface area contributed by atoms with E-state index in [9.17, 15) is 5.11 Å². The van der Waals surface area contributed by atoms with E-state index in [1.807, 2.05) is 0 Å². The maximum Gasteiger partial charge on any atom is 0.249 e. The highest BCUT2D eigenvalue weighted by atomic mass is 35.5. The van der Waals surface area contributed by atoms with Crippen LogP contribution in [-0.2, 0) is 6.54 Å². The number of benzene rings is 1. The number of halogens is 2. The monoisotopic (exact) mass is 327 g/mol. The van der Waals surface area contributed by atoms with Gasteiger partial charge in [0.1, 0.15) is 0 Å². The SMILES string of the molecule is OC1CCCN(Cc2nnc(-c3ccc(Cl)cc3Cl)o2)C1. The van der Waals surface area contributed by atoms with E-state index in [0.717, 1.165) is 19.4 Å². The van der Waals surface area contributed by atoms with E-state index in [1.54, 1.807) is 18.2 Å². The highest BCUT2D eigenvalue weighted by Gasteiger charge is 2.20. The van der Waals surface area contributed by atoms with Crippen molar-refractivity contribution in [2.24, 2.45) is 0 Å². The van der Waals surface area contributed by atoms with Gasteiger partial charge in [0.2, 0.25) is 11.8 Å². The van der Waals surface area contributed by atoms with Crippen LogP contribution in [0.2, 0.25) is 10.0 Å². The predicted octanol–water partition coefficient (Wildman–Crippen LogP) is 3.00. The normalized spacial score (nSPS) is 19.9. The molecule has 2 aromatic rings. The maximum absolute atomic E-state index is 9.66. The lowest BCUT2D eigenvalue weighted by molar-refractivity contribution is 0.0625. The first-order chi connectivity index (χ1) is 10.1. The van der Waals surface area contributed by atoms with Crippen molar-refractivity contribution in [2.75, 3.05) is 13.1 Å². The average Bonchev–Trinajstić information content (AvgIpc) is 2.87. The lowest BCUT2D eigenvalue weighted by Gasteiger charge is -2.28. The fourth-order valence-corrected chi connectivity index (χ4v) is 2.94. The summed E-state index contributed by atoms with van der Waals surface area (Å²) in [6.45, 7) is 2.10. The van der Waals surface area contributed by atoms with Crippen molar-refractivity contribution in [3.05, 3.63) is 34.1 Å². The van der Waals surface area contributed by atoms with Crippen LogP contribution in [0.15, 0.2) is 22.6 Å². The average molecular weight is 328 g/mol. The van der Waals surface area contributed by atoms with Gasteiger partial charge in [-0.05, 0) is 37.6 Å². The molecule has 1 saturated heterocycles. The van der Waals surface area contributed by atoms with Crippen molar-refractivity contribution < 1.29 is 9.52 Å². The summed E-state index contributed by atoms with van der Waals surface area (Å²) in [7, 11) is 0. The Bertz CT molecular complexity index is 632. The molecule has 1 fully saturated rings. The fraction of sp³-hybridized carbons (Fsp3) is 0.429. The van der Waals surface area contributed by atoms with Gasteiger partial charge >= 0.3 is 0 Å². The molecule has 2 heterocycles. The summed E-state index contributed by atoms with van der Waals surface area (Å²) in [5.41, 5.74) is 0.665. The second-order valence-corrected chi connectivity index (χ2v) is 6.00. The summed E-state index contributed by atoms with van der Waals surface area (Å²) in [5.74, 6) is 0.898. The lowest BCUT2D eigenvalue weighted by Crippen LogP contribution is -2.37. The number of aromatic nitrogens is 2. The van der Waals surface area contributed by atoms with Crippen LogP contribution in [0, 0.1) is 0 Å². The second-order valence-electron chi connectivity index (χ2n) is 5.16. The van der Waals surface area contributed by atoms with Crippen molar-refractivity contribution in [1.29, 1.82) is 0 Å².